The number of benzene rings is 1. The third kappa shape index (κ3) is 7.04. The van der Waals surface area contributed by atoms with E-state index in [1.807, 2.05) is 0 Å². The Morgan fingerprint density at radius 3 is 1.83 bits per heavy atom. The largest absolute Gasteiger partial charge is 0.489 e. The van der Waals surface area contributed by atoms with Crippen molar-refractivity contribution in [3.8, 4) is 11.5 Å². The summed E-state index contributed by atoms with van der Waals surface area (Å²) in [4.78, 5) is 0. The molecular formula is C17H25O5P. The molecule has 0 aliphatic carbocycles. The molecule has 0 fully saturated rings. The van der Waals surface area contributed by atoms with E-state index in [0.717, 1.165) is 5.56 Å². The molecule has 0 saturated heterocycles. The number of hydrogen-bond acceptors (Lipinski definition) is 5. The van der Waals surface area contributed by atoms with E-state index in [1.165, 1.54) is 0 Å². The third-order valence-electron chi connectivity index (χ3n) is 2.70. The van der Waals surface area contributed by atoms with Crippen LogP contribution in [0.3, 0.4) is 0 Å². The van der Waals surface area contributed by atoms with Crippen molar-refractivity contribution in [3.05, 3.63) is 49.1 Å². The molecule has 0 radical (unpaired) electrons. The molecule has 23 heavy (non-hydrogen) atoms. The summed E-state index contributed by atoms with van der Waals surface area (Å²) < 4.78 is 34.5. The maximum atomic E-state index is 12.7. The van der Waals surface area contributed by atoms with Gasteiger partial charge in [-0.3, -0.25) is 4.57 Å². The van der Waals surface area contributed by atoms with Crippen molar-refractivity contribution in [2.75, 3.05) is 26.4 Å². The van der Waals surface area contributed by atoms with Crippen LogP contribution in [0.25, 0.3) is 0 Å². The first-order valence-corrected chi connectivity index (χ1v) is 9.29. The van der Waals surface area contributed by atoms with Gasteiger partial charge in [-0.2, -0.15) is 0 Å². The molecule has 0 bridgehead atoms. The van der Waals surface area contributed by atoms with E-state index in [0.29, 0.717) is 37.9 Å². The van der Waals surface area contributed by atoms with Crippen molar-refractivity contribution in [1.29, 1.82) is 0 Å². The summed E-state index contributed by atoms with van der Waals surface area (Å²) in [5.74, 6) is 1.22. The summed E-state index contributed by atoms with van der Waals surface area (Å²) in [6.45, 7) is 12.2. The summed E-state index contributed by atoms with van der Waals surface area (Å²) in [6.07, 6.45) is 3.47. The Kier molecular flexibility index (Phi) is 8.70. The molecule has 1 rings (SSSR count). The number of hydrogen-bond donors (Lipinski definition) is 0. The van der Waals surface area contributed by atoms with E-state index in [9.17, 15) is 4.57 Å². The minimum absolute atomic E-state index is 0.157. The second kappa shape index (κ2) is 10.3. The summed E-state index contributed by atoms with van der Waals surface area (Å²) in [7, 11) is -3.18. The van der Waals surface area contributed by atoms with Gasteiger partial charge in [-0.1, -0.05) is 25.3 Å². The van der Waals surface area contributed by atoms with E-state index >= 15 is 0 Å². The molecule has 0 heterocycles. The van der Waals surface area contributed by atoms with E-state index < -0.39 is 7.60 Å². The first-order valence-electron chi connectivity index (χ1n) is 7.56. The van der Waals surface area contributed by atoms with Crippen LogP contribution < -0.4 is 9.47 Å². The summed E-state index contributed by atoms with van der Waals surface area (Å²) >= 11 is 0. The van der Waals surface area contributed by atoms with Crippen LogP contribution in [-0.4, -0.2) is 26.4 Å². The molecule has 1 aromatic rings. The Bertz CT molecular complexity index is 516. The molecule has 0 saturated carbocycles. The van der Waals surface area contributed by atoms with E-state index in [1.54, 1.807) is 44.2 Å². The fourth-order valence-electron chi connectivity index (χ4n) is 1.94. The highest BCUT2D eigenvalue weighted by Gasteiger charge is 2.24. The molecule has 128 valence electrons. The van der Waals surface area contributed by atoms with Crippen molar-refractivity contribution in [3.63, 3.8) is 0 Å². The minimum Gasteiger partial charge on any atom is -0.489 e. The van der Waals surface area contributed by atoms with Crippen LogP contribution in [0.5, 0.6) is 11.5 Å². The molecule has 0 spiro atoms. The zero-order chi connectivity index (χ0) is 17.1. The topological polar surface area (TPSA) is 54.0 Å². The Hall–Kier alpha value is -1.55. The van der Waals surface area contributed by atoms with Gasteiger partial charge in [0.15, 0.2) is 0 Å². The van der Waals surface area contributed by atoms with Gasteiger partial charge in [-0.15, -0.1) is 0 Å². The van der Waals surface area contributed by atoms with Gasteiger partial charge in [0.1, 0.15) is 24.7 Å². The van der Waals surface area contributed by atoms with Crippen molar-refractivity contribution in [2.24, 2.45) is 0 Å². The van der Waals surface area contributed by atoms with Gasteiger partial charge in [0.05, 0.1) is 19.4 Å². The smallest absolute Gasteiger partial charge is 0.335 e. The van der Waals surface area contributed by atoms with Gasteiger partial charge in [0.2, 0.25) is 0 Å². The molecule has 0 aliphatic rings. The van der Waals surface area contributed by atoms with Crippen molar-refractivity contribution in [2.45, 2.75) is 20.0 Å². The minimum atomic E-state index is -3.18. The Morgan fingerprint density at radius 2 is 1.43 bits per heavy atom. The molecule has 0 N–H and O–H groups in total. The standard InChI is InChI=1S/C17H25O5P/c1-5-9-19-16-11-15(12-17(13-16)20-10-6-2)14-23(18,21-7-3)22-8-4/h5-6,11-13H,1-2,7-10,14H2,3-4H3. The monoisotopic (exact) mass is 340 g/mol. The molecule has 0 atom stereocenters. The van der Waals surface area contributed by atoms with Crippen LogP contribution in [-0.2, 0) is 19.8 Å². The van der Waals surface area contributed by atoms with Gasteiger partial charge < -0.3 is 18.5 Å². The fraction of sp³-hybridized carbons (Fsp3) is 0.412. The van der Waals surface area contributed by atoms with Gasteiger partial charge in [0, 0.05) is 6.07 Å². The maximum Gasteiger partial charge on any atom is 0.335 e. The Morgan fingerprint density at radius 1 is 0.957 bits per heavy atom. The lowest BCUT2D eigenvalue weighted by atomic mass is 10.2. The van der Waals surface area contributed by atoms with Crippen LogP contribution in [0.4, 0.5) is 0 Å². The lowest BCUT2D eigenvalue weighted by Crippen LogP contribution is -2.01. The van der Waals surface area contributed by atoms with Crippen molar-refractivity contribution >= 4 is 7.60 Å². The van der Waals surface area contributed by atoms with Crippen LogP contribution in [0, 0.1) is 0 Å². The lowest BCUT2D eigenvalue weighted by Gasteiger charge is -2.18. The molecule has 5 nitrogen and oxygen atoms in total. The normalized spacial score (nSPS) is 11.0. The van der Waals surface area contributed by atoms with Gasteiger partial charge in [-0.25, -0.2) is 0 Å². The fourth-order valence-corrected chi connectivity index (χ4v) is 3.62. The summed E-state index contributed by atoms with van der Waals surface area (Å²) in [5, 5.41) is 0. The van der Waals surface area contributed by atoms with E-state index in [2.05, 4.69) is 13.2 Å². The predicted molar refractivity (Wildman–Crippen MR) is 92.4 cm³/mol. The summed E-state index contributed by atoms with van der Waals surface area (Å²) in [5.41, 5.74) is 0.760. The van der Waals surface area contributed by atoms with Gasteiger partial charge >= 0.3 is 7.60 Å². The lowest BCUT2D eigenvalue weighted by molar-refractivity contribution is 0.219. The van der Waals surface area contributed by atoms with Gasteiger partial charge in [-0.05, 0) is 31.5 Å². The third-order valence-corrected chi connectivity index (χ3v) is 4.76. The Balaban J connectivity index is 3.03. The molecule has 0 aliphatic heterocycles. The zero-order valence-corrected chi connectivity index (χ0v) is 14.7. The second-order valence-corrected chi connectivity index (χ2v) is 6.67. The molecular weight excluding hydrogens is 315 g/mol. The quantitative estimate of drug-likeness (QED) is 0.412. The first kappa shape index (κ1) is 19.5. The van der Waals surface area contributed by atoms with E-state index in [4.69, 9.17) is 18.5 Å². The second-order valence-electron chi connectivity index (χ2n) is 4.62. The predicted octanol–water partition coefficient (Wildman–Crippen LogP) is 4.58. The van der Waals surface area contributed by atoms with Crippen molar-refractivity contribution in [1.82, 2.24) is 0 Å². The highest BCUT2D eigenvalue weighted by atomic mass is 31.2. The SMILES string of the molecule is C=CCOc1cc(CP(=O)(OCC)OCC)cc(OCC=C)c1. The molecule has 1 aromatic carbocycles. The Labute approximate surface area is 138 Å². The molecule has 0 unspecified atom stereocenters. The van der Waals surface area contributed by atoms with Crippen molar-refractivity contribution < 1.29 is 23.1 Å². The first-order chi connectivity index (χ1) is 11.1. The molecule has 0 amide bonds. The number of ether oxygens (including phenoxy) is 2. The van der Waals surface area contributed by atoms with E-state index in [-0.39, 0.29) is 6.16 Å². The van der Waals surface area contributed by atoms with Crippen LogP contribution in [0.2, 0.25) is 0 Å². The number of rotatable bonds is 12. The molecule has 6 heteroatoms. The van der Waals surface area contributed by atoms with Crippen LogP contribution >= 0.6 is 7.60 Å². The zero-order valence-electron chi connectivity index (χ0n) is 13.8. The van der Waals surface area contributed by atoms with Crippen LogP contribution in [0.1, 0.15) is 19.4 Å². The average Bonchev–Trinajstić information content (AvgIpc) is 2.51. The maximum absolute atomic E-state index is 12.7. The van der Waals surface area contributed by atoms with Crippen LogP contribution in [0.15, 0.2) is 43.5 Å². The average molecular weight is 340 g/mol. The highest BCUT2D eigenvalue weighted by molar-refractivity contribution is 7.53. The molecule has 0 aromatic heterocycles. The van der Waals surface area contributed by atoms with Gasteiger partial charge in [0.25, 0.3) is 0 Å². The summed E-state index contributed by atoms with van der Waals surface area (Å²) in [6, 6.07) is 5.37. The highest BCUT2D eigenvalue weighted by Crippen LogP contribution is 2.51.